The van der Waals surface area contributed by atoms with Gasteiger partial charge in [0.1, 0.15) is 5.76 Å². The molecule has 2 aromatic rings. The Balaban J connectivity index is 1.81. The summed E-state index contributed by atoms with van der Waals surface area (Å²) in [5.41, 5.74) is 1.88. The van der Waals surface area contributed by atoms with Crippen molar-refractivity contribution in [3.63, 3.8) is 0 Å². The van der Waals surface area contributed by atoms with Crippen LogP contribution in [0.2, 0.25) is 0 Å². The van der Waals surface area contributed by atoms with Gasteiger partial charge in [-0.15, -0.1) is 11.8 Å². The molecule has 0 radical (unpaired) electrons. The zero-order chi connectivity index (χ0) is 16.4. The first-order valence-corrected chi connectivity index (χ1v) is 10.2. The summed E-state index contributed by atoms with van der Waals surface area (Å²) in [7, 11) is -3.44. The quantitative estimate of drug-likeness (QED) is 0.845. The lowest BCUT2D eigenvalue weighted by molar-refractivity contribution is 0.417. The maximum atomic E-state index is 13.0. The lowest BCUT2D eigenvalue weighted by atomic mass is 10.2. The van der Waals surface area contributed by atoms with Gasteiger partial charge in [-0.05, 0) is 44.0 Å². The maximum Gasteiger partial charge on any atom is 0.243 e. The van der Waals surface area contributed by atoms with Crippen molar-refractivity contribution in [3.05, 3.63) is 53.5 Å². The van der Waals surface area contributed by atoms with Crippen LogP contribution in [-0.4, -0.2) is 31.6 Å². The summed E-state index contributed by atoms with van der Waals surface area (Å²) in [4.78, 5) is 0.421. The number of furan rings is 1. The minimum atomic E-state index is -3.44. The number of benzene rings is 1. The van der Waals surface area contributed by atoms with Crippen LogP contribution in [0.15, 0.2) is 45.9 Å². The first-order chi connectivity index (χ1) is 11.0. The van der Waals surface area contributed by atoms with Gasteiger partial charge in [0.05, 0.1) is 16.4 Å². The summed E-state index contributed by atoms with van der Waals surface area (Å²) >= 11 is 1.76. The normalized spacial score (nSPS) is 20.3. The first kappa shape index (κ1) is 16.6. The van der Waals surface area contributed by atoms with Crippen molar-refractivity contribution in [2.75, 3.05) is 18.8 Å². The molecule has 0 aliphatic carbocycles. The summed E-state index contributed by atoms with van der Waals surface area (Å²) in [6.07, 6.45) is 2.44. The minimum absolute atomic E-state index is 0.226. The largest absolute Gasteiger partial charge is 0.468 e. The Bertz CT molecular complexity index is 769. The summed E-state index contributed by atoms with van der Waals surface area (Å²) in [6, 6.07) is 9.35. The molecule has 4 nitrogen and oxygen atoms in total. The lowest BCUT2D eigenvalue weighted by Gasteiger charge is -2.21. The monoisotopic (exact) mass is 351 g/mol. The van der Waals surface area contributed by atoms with E-state index in [1.54, 1.807) is 28.4 Å². The molecule has 6 heteroatoms. The number of aryl methyl sites for hydroxylation is 2. The molecule has 124 valence electrons. The average molecular weight is 351 g/mol. The number of rotatable bonds is 3. The first-order valence-electron chi connectivity index (χ1n) is 7.71. The Kier molecular flexibility index (Phi) is 4.85. The number of hydrogen-bond donors (Lipinski definition) is 0. The SMILES string of the molecule is Cc1ccc(S(=O)(=O)N2CCSC(c3ccco3)CC2)c(C)c1. The van der Waals surface area contributed by atoms with Gasteiger partial charge in [-0.3, -0.25) is 0 Å². The molecule has 1 aromatic carbocycles. The van der Waals surface area contributed by atoms with Gasteiger partial charge in [0.15, 0.2) is 0 Å². The van der Waals surface area contributed by atoms with E-state index in [0.29, 0.717) is 18.0 Å². The maximum absolute atomic E-state index is 13.0. The molecule has 0 spiro atoms. The van der Waals surface area contributed by atoms with Gasteiger partial charge in [0.2, 0.25) is 10.0 Å². The van der Waals surface area contributed by atoms with Crippen molar-refractivity contribution in [3.8, 4) is 0 Å². The van der Waals surface area contributed by atoms with Crippen LogP contribution in [0.1, 0.15) is 28.6 Å². The zero-order valence-corrected chi connectivity index (χ0v) is 15.0. The molecular weight excluding hydrogens is 330 g/mol. The number of nitrogens with zero attached hydrogens (tertiary/aromatic N) is 1. The highest BCUT2D eigenvalue weighted by Crippen LogP contribution is 2.36. The molecule has 1 saturated heterocycles. The molecule has 3 rings (SSSR count). The third kappa shape index (κ3) is 3.49. The number of thioether (sulfide) groups is 1. The molecular formula is C17H21NO3S2. The molecule has 1 aromatic heterocycles. The second kappa shape index (κ2) is 6.71. The Morgan fingerprint density at radius 2 is 2.04 bits per heavy atom. The Morgan fingerprint density at radius 3 is 2.74 bits per heavy atom. The van der Waals surface area contributed by atoms with Crippen molar-refractivity contribution >= 4 is 21.8 Å². The van der Waals surface area contributed by atoms with E-state index in [9.17, 15) is 8.42 Å². The van der Waals surface area contributed by atoms with Crippen LogP contribution in [0.4, 0.5) is 0 Å². The standard InChI is InChI=1S/C17H21NO3S2/c1-13-5-6-17(14(2)12-13)23(19,20)18-8-7-16(22-11-9-18)15-4-3-10-21-15/h3-6,10,12,16H,7-9,11H2,1-2H3. The molecule has 0 bridgehead atoms. The summed E-state index contributed by atoms with van der Waals surface area (Å²) in [6.45, 7) is 4.89. The molecule has 1 aliphatic heterocycles. The van der Waals surface area contributed by atoms with Crippen LogP contribution in [0, 0.1) is 13.8 Å². The molecule has 1 fully saturated rings. The predicted octanol–water partition coefficient (Wildman–Crippen LogP) is 3.77. The summed E-state index contributed by atoms with van der Waals surface area (Å²) in [5, 5.41) is 0.226. The molecule has 1 aliphatic rings. The van der Waals surface area contributed by atoms with Gasteiger partial charge in [-0.1, -0.05) is 17.7 Å². The molecule has 0 N–H and O–H groups in total. The summed E-state index contributed by atoms with van der Waals surface area (Å²) < 4.78 is 33.0. The highest BCUT2D eigenvalue weighted by Gasteiger charge is 2.30. The summed E-state index contributed by atoms with van der Waals surface area (Å²) in [5.74, 6) is 1.70. The fraction of sp³-hybridized carbons (Fsp3) is 0.412. The van der Waals surface area contributed by atoms with E-state index in [1.165, 1.54) is 0 Å². The van der Waals surface area contributed by atoms with Gasteiger partial charge in [-0.25, -0.2) is 8.42 Å². The van der Waals surface area contributed by atoms with Gasteiger partial charge in [-0.2, -0.15) is 4.31 Å². The van der Waals surface area contributed by atoms with Crippen LogP contribution in [0.25, 0.3) is 0 Å². The van der Waals surface area contributed by atoms with Gasteiger partial charge in [0.25, 0.3) is 0 Å². The molecule has 23 heavy (non-hydrogen) atoms. The fourth-order valence-corrected chi connectivity index (χ4v) is 5.88. The van der Waals surface area contributed by atoms with Gasteiger partial charge >= 0.3 is 0 Å². The zero-order valence-electron chi connectivity index (χ0n) is 13.4. The van der Waals surface area contributed by atoms with Crippen LogP contribution < -0.4 is 0 Å². The Hall–Kier alpha value is -1.24. The molecule has 0 amide bonds. The second-order valence-corrected chi connectivity index (χ2v) is 9.05. The highest BCUT2D eigenvalue weighted by atomic mass is 32.2. The number of hydrogen-bond acceptors (Lipinski definition) is 4. The lowest BCUT2D eigenvalue weighted by Crippen LogP contribution is -2.33. The topological polar surface area (TPSA) is 50.5 Å². The van der Waals surface area contributed by atoms with Crippen molar-refractivity contribution in [2.45, 2.75) is 30.4 Å². The molecule has 1 unspecified atom stereocenters. The van der Waals surface area contributed by atoms with Crippen molar-refractivity contribution in [2.24, 2.45) is 0 Å². The van der Waals surface area contributed by atoms with Crippen LogP contribution in [-0.2, 0) is 10.0 Å². The molecule has 0 saturated carbocycles. The van der Waals surface area contributed by atoms with E-state index in [0.717, 1.165) is 29.1 Å². The fourth-order valence-electron chi connectivity index (χ4n) is 2.92. The van der Waals surface area contributed by atoms with Crippen molar-refractivity contribution in [1.82, 2.24) is 4.31 Å². The predicted molar refractivity (Wildman–Crippen MR) is 93.2 cm³/mol. The van der Waals surface area contributed by atoms with E-state index >= 15 is 0 Å². The Morgan fingerprint density at radius 1 is 1.22 bits per heavy atom. The minimum Gasteiger partial charge on any atom is -0.468 e. The molecule has 2 heterocycles. The van der Waals surface area contributed by atoms with E-state index in [4.69, 9.17) is 4.42 Å². The van der Waals surface area contributed by atoms with Crippen molar-refractivity contribution in [1.29, 1.82) is 0 Å². The van der Waals surface area contributed by atoms with Crippen LogP contribution >= 0.6 is 11.8 Å². The third-order valence-electron chi connectivity index (χ3n) is 4.11. The van der Waals surface area contributed by atoms with Crippen LogP contribution in [0.3, 0.4) is 0 Å². The van der Waals surface area contributed by atoms with Gasteiger partial charge < -0.3 is 4.42 Å². The van der Waals surface area contributed by atoms with Crippen LogP contribution in [0.5, 0.6) is 0 Å². The highest BCUT2D eigenvalue weighted by molar-refractivity contribution is 7.99. The van der Waals surface area contributed by atoms with Crippen molar-refractivity contribution < 1.29 is 12.8 Å². The van der Waals surface area contributed by atoms with E-state index < -0.39 is 10.0 Å². The smallest absolute Gasteiger partial charge is 0.243 e. The second-order valence-electron chi connectivity index (χ2n) is 5.84. The van der Waals surface area contributed by atoms with Gasteiger partial charge in [0, 0.05) is 18.8 Å². The molecule has 1 atom stereocenters. The number of sulfonamides is 1. The van der Waals surface area contributed by atoms with E-state index in [1.807, 2.05) is 38.1 Å². The Labute approximate surface area is 141 Å². The van der Waals surface area contributed by atoms with E-state index in [-0.39, 0.29) is 5.25 Å². The third-order valence-corrected chi connectivity index (χ3v) is 7.46. The van der Waals surface area contributed by atoms with E-state index in [2.05, 4.69) is 0 Å². The average Bonchev–Trinajstić information content (AvgIpc) is 2.91.